The molecular formula is C8H12ClFO. The summed E-state index contributed by atoms with van der Waals surface area (Å²) in [6.45, 7) is 0. The van der Waals surface area contributed by atoms with Crippen molar-refractivity contribution in [3.05, 3.63) is 0 Å². The second-order valence-corrected chi connectivity index (χ2v) is 3.42. The van der Waals surface area contributed by atoms with Crippen LogP contribution >= 0.6 is 11.6 Å². The van der Waals surface area contributed by atoms with E-state index < -0.39 is 11.4 Å². The Balaban J connectivity index is 2.39. The van der Waals surface area contributed by atoms with Gasteiger partial charge >= 0.3 is 0 Å². The molecule has 1 saturated carbocycles. The molecule has 0 aliphatic heterocycles. The molecule has 1 aliphatic carbocycles. The van der Waals surface area contributed by atoms with Crippen molar-refractivity contribution in [1.82, 2.24) is 0 Å². The molecule has 0 N–H and O–H groups in total. The van der Waals surface area contributed by atoms with Crippen molar-refractivity contribution in [3.8, 4) is 0 Å². The first kappa shape index (κ1) is 8.98. The maximum absolute atomic E-state index is 12.3. The molecule has 1 unspecified atom stereocenters. The summed E-state index contributed by atoms with van der Waals surface area (Å²) in [6.07, 6.45) is 4.90. The van der Waals surface area contributed by atoms with Crippen LogP contribution in [-0.2, 0) is 4.79 Å². The number of halogens is 2. The van der Waals surface area contributed by atoms with E-state index in [2.05, 4.69) is 0 Å². The Bertz CT molecular complexity index is 141. The number of carbonyl (C=O) groups excluding carboxylic acids is 1. The summed E-state index contributed by atoms with van der Waals surface area (Å²) in [6, 6.07) is 0. The van der Waals surface area contributed by atoms with Crippen LogP contribution in [0.2, 0.25) is 0 Å². The molecule has 1 atom stereocenters. The monoisotopic (exact) mass is 178 g/mol. The second kappa shape index (κ2) is 4.05. The predicted molar refractivity (Wildman–Crippen MR) is 42.3 cm³/mol. The van der Waals surface area contributed by atoms with Gasteiger partial charge in [0.05, 0.1) is 0 Å². The summed E-state index contributed by atoms with van der Waals surface area (Å²) < 4.78 is 12.3. The third-order valence-electron chi connectivity index (χ3n) is 2.22. The molecule has 1 rings (SSSR count). The molecule has 11 heavy (non-hydrogen) atoms. The van der Waals surface area contributed by atoms with Gasteiger partial charge in [-0.15, -0.1) is 0 Å². The van der Waals surface area contributed by atoms with Crippen LogP contribution in [0.4, 0.5) is 4.39 Å². The van der Waals surface area contributed by atoms with Crippen LogP contribution in [0.25, 0.3) is 0 Å². The number of rotatable bonds is 2. The van der Waals surface area contributed by atoms with Gasteiger partial charge in [0.15, 0.2) is 5.78 Å². The number of hydrogen-bond acceptors (Lipinski definition) is 1. The highest BCUT2D eigenvalue weighted by Crippen LogP contribution is 2.26. The molecule has 1 nitrogen and oxygen atoms in total. The smallest absolute Gasteiger partial charge is 0.231 e. The molecule has 0 radical (unpaired) electrons. The highest BCUT2D eigenvalue weighted by molar-refractivity contribution is 6.30. The SMILES string of the molecule is O=C(C(F)Cl)C1CCCCC1. The fraction of sp³-hybridized carbons (Fsp3) is 0.875. The lowest BCUT2D eigenvalue weighted by Gasteiger charge is -2.19. The molecule has 1 fully saturated rings. The van der Waals surface area contributed by atoms with Gasteiger partial charge in [-0.25, -0.2) is 4.39 Å². The van der Waals surface area contributed by atoms with Crippen LogP contribution in [0.15, 0.2) is 0 Å². The van der Waals surface area contributed by atoms with Crippen LogP contribution in [0.1, 0.15) is 32.1 Å². The minimum absolute atomic E-state index is 0.101. The molecule has 0 spiro atoms. The van der Waals surface area contributed by atoms with E-state index in [1.165, 1.54) is 6.42 Å². The van der Waals surface area contributed by atoms with Gasteiger partial charge in [-0.3, -0.25) is 4.79 Å². The van der Waals surface area contributed by atoms with Gasteiger partial charge in [0.25, 0.3) is 0 Å². The quantitative estimate of drug-likeness (QED) is 0.595. The Morgan fingerprint density at radius 1 is 1.36 bits per heavy atom. The van der Waals surface area contributed by atoms with Gasteiger partial charge in [-0.1, -0.05) is 30.9 Å². The fourth-order valence-corrected chi connectivity index (χ4v) is 1.74. The number of alkyl halides is 2. The first-order valence-corrected chi connectivity index (χ1v) is 4.47. The third kappa shape index (κ3) is 2.44. The van der Waals surface area contributed by atoms with Crippen molar-refractivity contribution in [2.75, 3.05) is 0 Å². The summed E-state index contributed by atoms with van der Waals surface area (Å²) in [5, 5.41) is 0. The number of hydrogen-bond donors (Lipinski definition) is 0. The van der Waals surface area contributed by atoms with Gasteiger partial charge in [0.1, 0.15) is 0 Å². The van der Waals surface area contributed by atoms with E-state index in [0.29, 0.717) is 0 Å². The molecule has 1 aliphatic rings. The maximum atomic E-state index is 12.3. The minimum Gasteiger partial charge on any atom is -0.295 e. The molecule has 0 heterocycles. The average Bonchev–Trinajstić information content (AvgIpc) is 2.05. The molecule has 0 amide bonds. The van der Waals surface area contributed by atoms with Crippen LogP contribution in [0.5, 0.6) is 0 Å². The standard InChI is InChI=1S/C8H12ClFO/c9-8(10)7(11)6-4-2-1-3-5-6/h6,8H,1-5H2. The second-order valence-electron chi connectivity index (χ2n) is 3.04. The summed E-state index contributed by atoms with van der Waals surface area (Å²) in [5.74, 6) is -0.511. The van der Waals surface area contributed by atoms with Gasteiger partial charge in [0.2, 0.25) is 5.63 Å². The Morgan fingerprint density at radius 3 is 2.36 bits per heavy atom. The minimum atomic E-state index is -1.78. The fourth-order valence-electron chi connectivity index (χ4n) is 1.57. The lowest BCUT2D eigenvalue weighted by molar-refractivity contribution is -0.126. The van der Waals surface area contributed by atoms with Crippen LogP contribution < -0.4 is 0 Å². The molecule has 0 aromatic carbocycles. The van der Waals surface area contributed by atoms with E-state index in [4.69, 9.17) is 11.6 Å². The zero-order chi connectivity index (χ0) is 8.27. The van der Waals surface area contributed by atoms with Crippen LogP contribution in [-0.4, -0.2) is 11.4 Å². The van der Waals surface area contributed by atoms with Crippen molar-refractivity contribution in [1.29, 1.82) is 0 Å². The molecule has 0 aromatic heterocycles. The summed E-state index contributed by atoms with van der Waals surface area (Å²) in [7, 11) is 0. The van der Waals surface area contributed by atoms with Gasteiger partial charge < -0.3 is 0 Å². The highest BCUT2D eigenvalue weighted by atomic mass is 35.5. The largest absolute Gasteiger partial charge is 0.295 e. The van der Waals surface area contributed by atoms with E-state index in [1.54, 1.807) is 0 Å². The topological polar surface area (TPSA) is 17.1 Å². The molecule has 3 heteroatoms. The molecule has 0 aromatic rings. The van der Waals surface area contributed by atoms with E-state index in [0.717, 1.165) is 25.7 Å². The number of carbonyl (C=O) groups is 1. The molecule has 64 valence electrons. The zero-order valence-electron chi connectivity index (χ0n) is 6.35. The van der Waals surface area contributed by atoms with Crippen LogP contribution in [0.3, 0.4) is 0 Å². The van der Waals surface area contributed by atoms with Crippen molar-refractivity contribution in [2.24, 2.45) is 5.92 Å². The Morgan fingerprint density at radius 2 is 1.91 bits per heavy atom. The summed E-state index contributed by atoms with van der Waals surface area (Å²) in [5.41, 5.74) is -1.78. The normalized spacial score (nSPS) is 23.1. The lowest BCUT2D eigenvalue weighted by Crippen LogP contribution is -2.23. The van der Waals surface area contributed by atoms with Crippen LogP contribution in [0, 0.1) is 5.92 Å². The molecule has 0 saturated heterocycles. The van der Waals surface area contributed by atoms with E-state index >= 15 is 0 Å². The van der Waals surface area contributed by atoms with E-state index in [1.807, 2.05) is 0 Å². The first-order valence-electron chi connectivity index (χ1n) is 4.03. The van der Waals surface area contributed by atoms with E-state index in [-0.39, 0.29) is 5.92 Å². The van der Waals surface area contributed by atoms with Crippen molar-refractivity contribution >= 4 is 17.4 Å². The Hall–Kier alpha value is -0.110. The predicted octanol–water partition coefficient (Wildman–Crippen LogP) is 2.67. The number of Topliss-reactive ketones (excluding diaryl/α,β-unsaturated/α-hetero) is 1. The highest BCUT2D eigenvalue weighted by Gasteiger charge is 2.26. The number of ketones is 1. The Labute approximate surface area is 70.9 Å². The van der Waals surface area contributed by atoms with Gasteiger partial charge in [-0.05, 0) is 12.8 Å². The third-order valence-corrected chi connectivity index (χ3v) is 2.44. The molecular weight excluding hydrogens is 167 g/mol. The zero-order valence-corrected chi connectivity index (χ0v) is 7.11. The summed E-state index contributed by atoms with van der Waals surface area (Å²) >= 11 is 5.05. The van der Waals surface area contributed by atoms with Crippen molar-refractivity contribution < 1.29 is 9.18 Å². The average molecular weight is 179 g/mol. The van der Waals surface area contributed by atoms with Crippen molar-refractivity contribution in [3.63, 3.8) is 0 Å². The van der Waals surface area contributed by atoms with Gasteiger partial charge in [0, 0.05) is 5.92 Å². The maximum Gasteiger partial charge on any atom is 0.231 e. The van der Waals surface area contributed by atoms with E-state index in [9.17, 15) is 9.18 Å². The Kier molecular flexibility index (Phi) is 3.31. The first-order chi connectivity index (χ1) is 5.22. The lowest BCUT2D eigenvalue weighted by atomic mass is 9.86. The van der Waals surface area contributed by atoms with Crippen molar-refractivity contribution in [2.45, 2.75) is 37.7 Å². The summed E-state index contributed by atoms with van der Waals surface area (Å²) in [4.78, 5) is 11.0. The van der Waals surface area contributed by atoms with Gasteiger partial charge in [-0.2, -0.15) is 0 Å². The molecule has 0 bridgehead atoms.